The predicted molar refractivity (Wildman–Crippen MR) is 111 cm³/mol. The lowest BCUT2D eigenvalue weighted by atomic mass is 10.1. The first-order chi connectivity index (χ1) is 14.7. The monoisotopic (exact) mass is 441 g/mol. The average Bonchev–Trinajstić information content (AvgIpc) is 3.00. The van der Waals surface area contributed by atoms with Crippen LogP contribution < -0.4 is 4.90 Å². The molecule has 8 heteroatoms. The Kier molecular flexibility index (Phi) is 5.10. The third-order valence-electron chi connectivity index (χ3n) is 5.05. The van der Waals surface area contributed by atoms with Gasteiger partial charge in [0.1, 0.15) is 22.6 Å². The summed E-state index contributed by atoms with van der Waals surface area (Å²) in [7, 11) is -4.33. The summed E-state index contributed by atoms with van der Waals surface area (Å²) >= 11 is 0. The fourth-order valence-corrected chi connectivity index (χ4v) is 5.17. The average molecular weight is 441 g/mol. The molecule has 158 valence electrons. The molecule has 3 aromatic carbocycles. The minimum absolute atomic E-state index is 0.116. The number of nitrogens with zero attached hydrogens (tertiary/aromatic N) is 1. The molecule has 0 aliphatic carbocycles. The summed E-state index contributed by atoms with van der Waals surface area (Å²) in [5.74, 6) is -3.13. The molecule has 0 radical (unpaired) electrons. The Bertz CT molecular complexity index is 1300. The van der Waals surface area contributed by atoms with E-state index in [0.29, 0.717) is 0 Å². The maximum atomic E-state index is 14.0. The summed E-state index contributed by atoms with van der Waals surface area (Å²) < 4.78 is 54.3. The van der Waals surface area contributed by atoms with E-state index in [4.69, 9.17) is 0 Å². The number of rotatable bonds is 4. The molecular weight excluding hydrogens is 424 g/mol. The van der Waals surface area contributed by atoms with Gasteiger partial charge in [-0.1, -0.05) is 29.8 Å². The first-order valence-corrected chi connectivity index (χ1v) is 10.8. The third-order valence-corrected chi connectivity index (χ3v) is 6.94. The molecule has 0 spiro atoms. The Morgan fingerprint density at radius 1 is 0.903 bits per heavy atom. The van der Waals surface area contributed by atoms with Crippen LogP contribution in [-0.2, 0) is 14.6 Å². The molecule has 0 unspecified atom stereocenters. The zero-order valence-electron chi connectivity index (χ0n) is 16.3. The van der Waals surface area contributed by atoms with E-state index < -0.39 is 44.1 Å². The number of anilines is 1. The number of amides is 1. The number of carbonyl (C=O) groups excluding carboxylic acids is 1. The SMILES string of the molecule is Cc1ccc(S(=O)(=O)C2=C(O)C(=O)N(c3ccc(F)cc3)[C@@H]2c2cccc(F)c2)cc1. The zero-order chi connectivity index (χ0) is 22.3. The number of aliphatic hydroxyl groups excluding tert-OH is 1. The number of benzene rings is 3. The summed E-state index contributed by atoms with van der Waals surface area (Å²) in [6, 6.07) is 14.5. The Balaban J connectivity index is 1.94. The van der Waals surface area contributed by atoms with Crippen LogP contribution in [0.15, 0.2) is 88.4 Å². The molecule has 1 N–H and O–H groups in total. The maximum Gasteiger partial charge on any atom is 0.295 e. The maximum absolute atomic E-state index is 14.0. The predicted octanol–water partition coefficient (Wildman–Crippen LogP) is 4.60. The van der Waals surface area contributed by atoms with Crippen molar-refractivity contribution in [2.24, 2.45) is 0 Å². The van der Waals surface area contributed by atoms with Gasteiger partial charge in [0.25, 0.3) is 5.91 Å². The number of sulfone groups is 1. The van der Waals surface area contributed by atoms with Crippen LogP contribution in [0.25, 0.3) is 0 Å². The van der Waals surface area contributed by atoms with Crippen molar-refractivity contribution >= 4 is 21.4 Å². The summed E-state index contributed by atoms with van der Waals surface area (Å²) in [6.07, 6.45) is 0. The number of hydrogen-bond donors (Lipinski definition) is 1. The summed E-state index contributed by atoms with van der Waals surface area (Å²) in [6.45, 7) is 1.79. The summed E-state index contributed by atoms with van der Waals surface area (Å²) in [5.41, 5.74) is 1.13. The first-order valence-electron chi connectivity index (χ1n) is 9.29. The van der Waals surface area contributed by atoms with Gasteiger partial charge in [0.05, 0.1) is 4.90 Å². The van der Waals surface area contributed by atoms with Crippen LogP contribution in [0.1, 0.15) is 17.2 Å². The molecule has 1 aliphatic rings. The fraction of sp³-hybridized carbons (Fsp3) is 0.0870. The Morgan fingerprint density at radius 2 is 1.55 bits per heavy atom. The van der Waals surface area contributed by atoms with Crippen molar-refractivity contribution in [1.29, 1.82) is 0 Å². The fourth-order valence-electron chi connectivity index (χ4n) is 3.55. The van der Waals surface area contributed by atoms with Crippen molar-refractivity contribution in [2.45, 2.75) is 17.9 Å². The molecule has 1 heterocycles. The molecule has 1 amide bonds. The highest BCUT2D eigenvalue weighted by atomic mass is 32.2. The standard InChI is InChI=1S/C23H17F2NO4S/c1-14-5-11-19(12-6-14)31(29,30)22-20(15-3-2-4-17(25)13-15)26(23(28)21(22)27)18-9-7-16(24)8-10-18/h2-13,20,27H,1H3/t20-/m1/s1. The van der Waals surface area contributed by atoms with E-state index in [-0.39, 0.29) is 16.1 Å². The van der Waals surface area contributed by atoms with Gasteiger partial charge >= 0.3 is 0 Å². The van der Waals surface area contributed by atoms with E-state index in [1.54, 1.807) is 19.1 Å². The van der Waals surface area contributed by atoms with Crippen LogP contribution in [-0.4, -0.2) is 19.4 Å². The quantitative estimate of drug-likeness (QED) is 0.642. The molecule has 0 aromatic heterocycles. The minimum atomic E-state index is -4.33. The van der Waals surface area contributed by atoms with Gasteiger partial charge in [-0.3, -0.25) is 9.69 Å². The Morgan fingerprint density at radius 3 is 2.16 bits per heavy atom. The van der Waals surface area contributed by atoms with Gasteiger partial charge in [0.2, 0.25) is 9.84 Å². The highest BCUT2D eigenvalue weighted by Crippen LogP contribution is 2.44. The van der Waals surface area contributed by atoms with E-state index in [1.165, 1.54) is 42.5 Å². The van der Waals surface area contributed by atoms with E-state index in [2.05, 4.69) is 0 Å². The van der Waals surface area contributed by atoms with Gasteiger partial charge in [-0.2, -0.15) is 0 Å². The number of aliphatic hydroxyl groups is 1. The molecule has 1 aliphatic heterocycles. The highest BCUT2D eigenvalue weighted by molar-refractivity contribution is 7.95. The van der Waals surface area contributed by atoms with Crippen molar-refractivity contribution in [2.75, 3.05) is 4.90 Å². The van der Waals surface area contributed by atoms with Crippen molar-refractivity contribution < 1.29 is 27.1 Å². The van der Waals surface area contributed by atoms with Gasteiger partial charge in [-0.05, 0) is 61.0 Å². The first kappa shape index (κ1) is 20.7. The molecule has 0 fully saturated rings. The smallest absolute Gasteiger partial charge is 0.295 e. The van der Waals surface area contributed by atoms with E-state index >= 15 is 0 Å². The molecule has 0 saturated carbocycles. The van der Waals surface area contributed by atoms with Crippen LogP contribution in [0.2, 0.25) is 0 Å². The van der Waals surface area contributed by atoms with Crippen molar-refractivity contribution in [1.82, 2.24) is 0 Å². The second-order valence-electron chi connectivity index (χ2n) is 7.14. The molecule has 0 bridgehead atoms. The van der Waals surface area contributed by atoms with Gasteiger partial charge < -0.3 is 5.11 Å². The molecule has 3 aromatic rings. The Hall–Kier alpha value is -3.52. The van der Waals surface area contributed by atoms with Gasteiger partial charge in [0, 0.05) is 5.69 Å². The van der Waals surface area contributed by atoms with Gasteiger partial charge in [-0.25, -0.2) is 17.2 Å². The van der Waals surface area contributed by atoms with Crippen molar-refractivity contribution in [3.8, 4) is 0 Å². The van der Waals surface area contributed by atoms with E-state index in [1.807, 2.05) is 0 Å². The van der Waals surface area contributed by atoms with Crippen LogP contribution in [0.3, 0.4) is 0 Å². The number of hydrogen-bond acceptors (Lipinski definition) is 4. The van der Waals surface area contributed by atoms with Gasteiger partial charge in [-0.15, -0.1) is 0 Å². The summed E-state index contributed by atoms with van der Waals surface area (Å²) in [4.78, 5) is 13.3. The summed E-state index contributed by atoms with van der Waals surface area (Å²) in [5, 5.41) is 10.6. The third kappa shape index (κ3) is 3.59. The zero-order valence-corrected chi connectivity index (χ0v) is 17.1. The normalized spacial score (nSPS) is 16.8. The van der Waals surface area contributed by atoms with Crippen LogP contribution >= 0.6 is 0 Å². The second kappa shape index (κ2) is 7.63. The van der Waals surface area contributed by atoms with E-state index in [0.717, 1.165) is 28.7 Å². The van der Waals surface area contributed by atoms with Crippen molar-refractivity contribution in [3.63, 3.8) is 0 Å². The topological polar surface area (TPSA) is 74.7 Å². The largest absolute Gasteiger partial charge is 0.502 e. The van der Waals surface area contributed by atoms with Crippen LogP contribution in [0.4, 0.5) is 14.5 Å². The molecule has 31 heavy (non-hydrogen) atoms. The van der Waals surface area contributed by atoms with Gasteiger partial charge in [0.15, 0.2) is 5.76 Å². The highest BCUT2D eigenvalue weighted by Gasteiger charge is 2.47. The second-order valence-corrected chi connectivity index (χ2v) is 9.06. The lowest BCUT2D eigenvalue weighted by Crippen LogP contribution is -2.31. The number of halogens is 2. The lowest BCUT2D eigenvalue weighted by Gasteiger charge is -2.27. The molecule has 5 nitrogen and oxygen atoms in total. The minimum Gasteiger partial charge on any atom is -0.502 e. The van der Waals surface area contributed by atoms with Crippen LogP contribution in [0.5, 0.6) is 0 Å². The van der Waals surface area contributed by atoms with E-state index in [9.17, 15) is 27.1 Å². The van der Waals surface area contributed by atoms with Crippen LogP contribution in [0, 0.1) is 18.6 Å². The molecular formula is C23H17F2NO4S. The lowest BCUT2D eigenvalue weighted by molar-refractivity contribution is -0.117. The molecule has 4 rings (SSSR count). The number of carbonyl (C=O) groups is 1. The Labute approximate surface area is 177 Å². The molecule has 0 saturated heterocycles. The van der Waals surface area contributed by atoms with Crippen molar-refractivity contribution in [3.05, 3.63) is 106 Å². The number of aryl methyl sites for hydroxylation is 1. The molecule has 1 atom stereocenters.